The number of allylic oxidation sites excluding steroid dienone is 1. The molecule has 0 aliphatic heterocycles. The molecule has 18 heavy (non-hydrogen) atoms. The molecule has 0 spiro atoms. The molecule has 0 aliphatic rings. The zero-order valence-electron chi connectivity index (χ0n) is 10.7. The summed E-state index contributed by atoms with van der Waals surface area (Å²) < 4.78 is 2.51. The van der Waals surface area contributed by atoms with Crippen molar-refractivity contribution in [3.8, 4) is 0 Å². The second kappa shape index (κ2) is 5.96. The summed E-state index contributed by atoms with van der Waals surface area (Å²) in [7, 11) is 0. The van der Waals surface area contributed by atoms with Crippen LogP contribution >= 0.6 is 11.3 Å². The van der Waals surface area contributed by atoms with Gasteiger partial charge in [-0.3, -0.25) is 9.36 Å². The van der Waals surface area contributed by atoms with Crippen molar-refractivity contribution < 1.29 is 0 Å². The Balaban J connectivity index is 2.07. The summed E-state index contributed by atoms with van der Waals surface area (Å²) in [6, 6.07) is 0. The summed E-state index contributed by atoms with van der Waals surface area (Å²) in [5.74, 6) is 0. The van der Waals surface area contributed by atoms with Crippen molar-refractivity contribution in [2.75, 3.05) is 0 Å². The SMILES string of the molecule is C=CCCCCCn1cnc2c(C)csc2c1=O. The molecule has 0 fully saturated rings. The van der Waals surface area contributed by atoms with Gasteiger partial charge in [0.1, 0.15) is 4.70 Å². The summed E-state index contributed by atoms with van der Waals surface area (Å²) in [6.45, 7) is 6.45. The monoisotopic (exact) mass is 262 g/mol. The molecular weight excluding hydrogens is 244 g/mol. The summed E-state index contributed by atoms with van der Waals surface area (Å²) in [5, 5.41) is 1.99. The van der Waals surface area contributed by atoms with Crippen molar-refractivity contribution in [2.45, 2.75) is 39.2 Å². The maximum Gasteiger partial charge on any atom is 0.271 e. The Morgan fingerprint density at radius 2 is 2.28 bits per heavy atom. The summed E-state index contributed by atoms with van der Waals surface area (Å²) >= 11 is 1.49. The number of aryl methyl sites for hydroxylation is 2. The van der Waals surface area contributed by atoms with Crippen LogP contribution < -0.4 is 5.56 Å². The standard InChI is InChI=1S/C14H18N2OS/c1-3-4-5-6-7-8-16-10-15-12-11(2)9-18-13(12)14(16)17/h3,9-10H,1,4-8H2,2H3. The Morgan fingerprint density at radius 3 is 3.06 bits per heavy atom. The van der Waals surface area contributed by atoms with Crippen molar-refractivity contribution in [3.05, 3.63) is 40.3 Å². The number of aromatic nitrogens is 2. The topological polar surface area (TPSA) is 34.9 Å². The van der Waals surface area contributed by atoms with Gasteiger partial charge < -0.3 is 0 Å². The number of nitrogens with zero attached hydrogens (tertiary/aromatic N) is 2. The van der Waals surface area contributed by atoms with Crippen molar-refractivity contribution in [2.24, 2.45) is 0 Å². The molecule has 2 aromatic rings. The van der Waals surface area contributed by atoms with E-state index in [1.807, 2.05) is 18.4 Å². The van der Waals surface area contributed by atoms with E-state index in [1.54, 1.807) is 10.9 Å². The minimum Gasteiger partial charge on any atom is -0.298 e. The first kappa shape index (κ1) is 13.0. The third kappa shape index (κ3) is 2.70. The first-order chi connectivity index (χ1) is 8.74. The lowest BCUT2D eigenvalue weighted by atomic mass is 10.2. The summed E-state index contributed by atoms with van der Waals surface area (Å²) in [6.07, 6.45) is 7.96. The number of hydrogen-bond donors (Lipinski definition) is 0. The van der Waals surface area contributed by atoms with E-state index in [2.05, 4.69) is 11.6 Å². The third-order valence-corrected chi connectivity index (χ3v) is 4.11. The third-order valence-electron chi connectivity index (χ3n) is 3.03. The molecular formula is C14H18N2OS. The number of hydrogen-bond acceptors (Lipinski definition) is 3. The van der Waals surface area contributed by atoms with Gasteiger partial charge in [0.25, 0.3) is 5.56 Å². The van der Waals surface area contributed by atoms with E-state index in [0.29, 0.717) is 0 Å². The van der Waals surface area contributed by atoms with E-state index in [1.165, 1.54) is 11.3 Å². The predicted octanol–water partition coefficient (Wildman–Crippen LogP) is 3.51. The van der Waals surface area contributed by atoms with Crippen LogP contribution in [0.25, 0.3) is 10.2 Å². The first-order valence-corrected chi connectivity index (χ1v) is 7.16. The fourth-order valence-corrected chi connectivity index (χ4v) is 2.92. The Labute approximate surface area is 111 Å². The van der Waals surface area contributed by atoms with Crippen LogP contribution in [0.4, 0.5) is 0 Å². The van der Waals surface area contributed by atoms with Gasteiger partial charge in [0.05, 0.1) is 11.8 Å². The van der Waals surface area contributed by atoms with Crippen molar-refractivity contribution in [1.82, 2.24) is 9.55 Å². The van der Waals surface area contributed by atoms with Gasteiger partial charge in [-0.2, -0.15) is 0 Å². The molecule has 4 heteroatoms. The highest BCUT2D eigenvalue weighted by molar-refractivity contribution is 7.17. The van der Waals surface area contributed by atoms with Crippen molar-refractivity contribution >= 4 is 21.6 Å². The molecule has 0 unspecified atom stereocenters. The maximum atomic E-state index is 12.2. The zero-order valence-corrected chi connectivity index (χ0v) is 11.5. The maximum absolute atomic E-state index is 12.2. The fourth-order valence-electron chi connectivity index (χ4n) is 1.97. The fraction of sp³-hybridized carbons (Fsp3) is 0.429. The van der Waals surface area contributed by atoms with Crippen molar-refractivity contribution in [3.63, 3.8) is 0 Å². The van der Waals surface area contributed by atoms with E-state index in [4.69, 9.17) is 0 Å². The minimum absolute atomic E-state index is 0.0989. The molecule has 2 aromatic heterocycles. The van der Waals surface area contributed by atoms with Gasteiger partial charge in [0.15, 0.2) is 0 Å². The highest BCUT2D eigenvalue weighted by Gasteiger charge is 2.07. The van der Waals surface area contributed by atoms with Crippen LogP contribution in [-0.2, 0) is 6.54 Å². The molecule has 0 bridgehead atoms. The average molecular weight is 262 g/mol. The Bertz CT molecular complexity index is 597. The van der Waals surface area contributed by atoms with Gasteiger partial charge in [0, 0.05) is 6.54 Å². The summed E-state index contributed by atoms with van der Waals surface area (Å²) in [4.78, 5) is 16.6. The first-order valence-electron chi connectivity index (χ1n) is 6.28. The van der Waals surface area contributed by atoms with E-state index in [0.717, 1.165) is 48.0 Å². The van der Waals surface area contributed by atoms with E-state index >= 15 is 0 Å². The Hall–Kier alpha value is -1.42. The van der Waals surface area contributed by atoms with Crippen LogP contribution in [0.1, 0.15) is 31.2 Å². The molecule has 96 valence electrons. The van der Waals surface area contributed by atoms with Crippen LogP contribution in [-0.4, -0.2) is 9.55 Å². The summed E-state index contributed by atoms with van der Waals surface area (Å²) in [5.41, 5.74) is 2.04. The minimum atomic E-state index is 0.0989. The normalized spacial score (nSPS) is 10.9. The molecule has 0 amide bonds. The second-order valence-electron chi connectivity index (χ2n) is 4.48. The van der Waals surface area contributed by atoms with Crippen molar-refractivity contribution in [1.29, 1.82) is 0 Å². The van der Waals surface area contributed by atoms with Crippen LogP contribution in [0.15, 0.2) is 29.2 Å². The Kier molecular flexibility index (Phi) is 4.31. The molecule has 0 atom stereocenters. The molecule has 3 nitrogen and oxygen atoms in total. The number of thiophene rings is 1. The van der Waals surface area contributed by atoms with Gasteiger partial charge in [-0.25, -0.2) is 4.98 Å². The van der Waals surface area contributed by atoms with E-state index in [-0.39, 0.29) is 5.56 Å². The van der Waals surface area contributed by atoms with Crippen LogP contribution in [0, 0.1) is 6.92 Å². The van der Waals surface area contributed by atoms with Gasteiger partial charge >= 0.3 is 0 Å². The molecule has 0 saturated heterocycles. The molecule has 0 saturated carbocycles. The number of rotatable bonds is 6. The zero-order chi connectivity index (χ0) is 13.0. The lowest BCUT2D eigenvalue weighted by molar-refractivity contribution is 0.575. The van der Waals surface area contributed by atoms with Crippen LogP contribution in [0.3, 0.4) is 0 Å². The largest absolute Gasteiger partial charge is 0.298 e. The second-order valence-corrected chi connectivity index (χ2v) is 5.36. The van der Waals surface area contributed by atoms with Gasteiger partial charge in [-0.15, -0.1) is 17.9 Å². The highest BCUT2D eigenvalue weighted by Crippen LogP contribution is 2.19. The molecule has 2 heterocycles. The van der Waals surface area contributed by atoms with Crippen LogP contribution in [0.5, 0.6) is 0 Å². The lowest BCUT2D eigenvalue weighted by Crippen LogP contribution is -2.19. The van der Waals surface area contributed by atoms with Gasteiger partial charge in [-0.1, -0.05) is 12.5 Å². The number of fused-ring (bicyclic) bond motifs is 1. The van der Waals surface area contributed by atoms with Gasteiger partial charge in [-0.05, 0) is 37.1 Å². The Morgan fingerprint density at radius 1 is 1.44 bits per heavy atom. The van der Waals surface area contributed by atoms with Gasteiger partial charge in [0.2, 0.25) is 0 Å². The molecule has 0 aliphatic carbocycles. The predicted molar refractivity (Wildman–Crippen MR) is 77.3 cm³/mol. The lowest BCUT2D eigenvalue weighted by Gasteiger charge is -2.04. The van der Waals surface area contributed by atoms with E-state index < -0.39 is 0 Å². The molecule has 0 radical (unpaired) electrons. The van der Waals surface area contributed by atoms with Crippen LogP contribution in [0.2, 0.25) is 0 Å². The smallest absolute Gasteiger partial charge is 0.271 e. The number of unbranched alkanes of at least 4 members (excludes halogenated alkanes) is 3. The molecule has 0 aromatic carbocycles. The molecule has 2 rings (SSSR count). The average Bonchev–Trinajstić information content (AvgIpc) is 2.74. The van der Waals surface area contributed by atoms with E-state index in [9.17, 15) is 4.79 Å². The molecule has 0 N–H and O–H groups in total. The highest BCUT2D eigenvalue weighted by atomic mass is 32.1. The quantitative estimate of drug-likeness (QED) is 0.590.